The number of nitrogens with zero attached hydrogens (tertiary/aromatic N) is 1. The molecule has 3 N–H and O–H groups in total. The molecule has 0 atom stereocenters. The van der Waals surface area contributed by atoms with E-state index in [4.69, 9.17) is 29.7 Å². The molecule has 2 aromatic carbocycles. The normalized spacial score (nSPS) is 10.9. The van der Waals surface area contributed by atoms with Crippen molar-refractivity contribution >= 4 is 24.0 Å². The maximum atomic E-state index is 12.0. The first-order valence-corrected chi connectivity index (χ1v) is 9.22. The Hall–Kier alpha value is -3.77. The predicted octanol–water partition coefficient (Wildman–Crippen LogP) is 2.71. The van der Waals surface area contributed by atoms with Gasteiger partial charge in [0.2, 0.25) is 0 Å². The monoisotopic (exact) mass is 447 g/mol. The molecule has 2 aromatic rings. The van der Waals surface area contributed by atoms with Crippen molar-refractivity contribution < 1.29 is 49.0 Å². The highest BCUT2D eigenvalue weighted by Gasteiger charge is 2.13. The Balaban J connectivity index is 1.98. The van der Waals surface area contributed by atoms with Gasteiger partial charge < -0.3 is 19.3 Å². The third-order valence-electron chi connectivity index (χ3n) is 3.88. The van der Waals surface area contributed by atoms with E-state index in [1.54, 1.807) is 12.1 Å². The zero-order valence-corrected chi connectivity index (χ0v) is 17.0. The molecule has 0 heterocycles. The molecule has 0 radical (unpaired) electrons. The smallest absolute Gasteiger partial charge is 0.339 e. The van der Waals surface area contributed by atoms with Gasteiger partial charge >= 0.3 is 17.9 Å². The van der Waals surface area contributed by atoms with Crippen molar-refractivity contribution in [3.05, 3.63) is 59.7 Å². The van der Waals surface area contributed by atoms with Crippen molar-refractivity contribution in [3.63, 3.8) is 0 Å². The highest BCUT2D eigenvalue weighted by molar-refractivity contribution is 5.94. The first-order valence-electron chi connectivity index (χ1n) is 9.22. The minimum atomic E-state index is -1.22. The molecule has 0 aromatic heterocycles. The fraction of sp³-hybridized carbons (Fsp3) is 0.190. The zero-order valence-electron chi connectivity index (χ0n) is 17.0. The van der Waals surface area contributed by atoms with Crippen molar-refractivity contribution in [3.8, 4) is 17.2 Å². The number of esters is 2. The van der Waals surface area contributed by atoms with Gasteiger partial charge in [0.25, 0.3) is 0 Å². The van der Waals surface area contributed by atoms with Gasteiger partial charge in [-0.2, -0.15) is 0 Å². The number of aromatic carboxylic acids is 1. The molecule has 0 spiro atoms. The largest absolute Gasteiger partial charge is 0.493 e. The molecule has 0 aliphatic heterocycles. The van der Waals surface area contributed by atoms with Gasteiger partial charge in [-0.3, -0.25) is 20.0 Å². The standard InChI is InChI=1S/C21H21NO10/c1-29-18-13-14(8-10-17(18)32-19(23)7-4-12-30-22(27)28)9-11-20(24)31-16-6-3-2-5-15(16)21(25)26/h2-3,5-6,8-11,13,27-28H,4,7,12H2,1H3,(H,25,26)/b11-9+. The molecule has 0 bridgehead atoms. The zero-order chi connectivity index (χ0) is 23.5. The molecule has 2 rings (SSSR count). The summed E-state index contributed by atoms with van der Waals surface area (Å²) in [6, 6.07) is 10.3. The Kier molecular flexibility index (Phi) is 9.32. The minimum absolute atomic E-state index is 0.0394. The number of rotatable bonds is 11. The highest BCUT2D eigenvalue weighted by Crippen LogP contribution is 2.29. The molecular formula is C21H21NO10. The van der Waals surface area contributed by atoms with Gasteiger partial charge in [-0.15, -0.1) is 0 Å². The summed E-state index contributed by atoms with van der Waals surface area (Å²) in [5.41, 5.74) is 0.392. The Labute approximate surface area is 182 Å². The number of methoxy groups -OCH3 is 1. The van der Waals surface area contributed by atoms with Gasteiger partial charge in [-0.05, 0) is 42.3 Å². The van der Waals surface area contributed by atoms with E-state index < -0.39 is 23.3 Å². The second kappa shape index (κ2) is 12.2. The van der Waals surface area contributed by atoms with Gasteiger partial charge in [0.15, 0.2) is 11.5 Å². The Morgan fingerprint density at radius 1 is 1.00 bits per heavy atom. The SMILES string of the molecule is COc1cc(/C=C/C(=O)Oc2ccccc2C(=O)O)ccc1OC(=O)CCCON(O)O. The molecule has 0 aliphatic carbocycles. The second-order valence-electron chi connectivity index (χ2n) is 6.13. The van der Waals surface area contributed by atoms with E-state index in [2.05, 4.69) is 4.84 Å². The van der Waals surface area contributed by atoms with E-state index in [-0.39, 0.29) is 42.3 Å². The molecule has 11 nitrogen and oxygen atoms in total. The molecule has 0 aliphatic rings. The number of benzene rings is 2. The van der Waals surface area contributed by atoms with Crippen LogP contribution in [0.3, 0.4) is 0 Å². The number of hydrogen-bond donors (Lipinski definition) is 3. The Morgan fingerprint density at radius 2 is 1.75 bits per heavy atom. The molecular weight excluding hydrogens is 426 g/mol. The maximum Gasteiger partial charge on any atom is 0.339 e. The lowest BCUT2D eigenvalue weighted by molar-refractivity contribution is -0.492. The lowest BCUT2D eigenvalue weighted by atomic mass is 10.2. The predicted molar refractivity (Wildman–Crippen MR) is 107 cm³/mol. The average molecular weight is 447 g/mol. The van der Waals surface area contributed by atoms with Crippen molar-refractivity contribution in [2.75, 3.05) is 13.7 Å². The minimum Gasteiger partial charge on any atom is -0.493 e. The lowest BCUT2D eigenvalue weighted by Gasteiger charge is -2.10. The van der Waals surface area contributed by atoms with E-state index >= 15 is 0 Å². The number of hydrogen-bond acceptors (Lipinski definition) is 10. The molecule has 11 heteroatoms. The number of carbonyl (C=O) groups excluding carboxylic acids is 2. The molecule has 0 saturated carbocycles. The highest BCUT2D eigenvalue weighted by atomic mass is 17.1. The first-order chi connectivity index (χ1) is 15.3. The van der Waals surface area contributed by atoms with E-state index in [9.17, 15) is 14.4 Å². The van der Waals surface area contributed by atoms with Crippen LogP contribution in [0.15, 0.2) is 48.5 Å². The second-order valence-corrected chi connectivity index (χ2v) is 6.13. The van der Waals surface area contributed by atoms with Crippen LogP contribution in [-0.2, 0) is 14.4 Å². The summed E-state index contributed by atoms with van der Waals surface area (Å²) in [6.45, 7) is -0.101. The summed E-state index contributed by atoms with van der Waals surface area (Å²) < 4.78 is 15.5. The summed E-state index contributed by atoms with van der Waals surface area (Å²) >= 11 is 0. The fourth-order valence-electron chi connectivity index (χ4n) is 2.45. The van der Waals surface area contributed by atoms with Crippen LogP contribution in [0.1, 0.15) is 28.8 Å². The van der Waals surface area contributed by atoms with Gasteiger partial charge in [0.05, 0.1) is 19.1 Å². The lowest BCUT2D eigenvalue weighted by Crippen LogP contribution is -2.16. The van der Waals surface area contributed by atoms with Crippen molar-refractivity contribution in [1.82, 2.24) is 5.39 Å². The van der Waals surface area contributed by atoms with Crippen molar-refractivity contribution in [1.29, 1.82) is 0 Å². The fourth-order valence-corrected chi connectivity index (χ4v) is 2.45. The van der Waals surface area contributed by atoms with Crippen LogP contribution in [0.5, 0.6) is 17.2 Å². The van der Waals surface area contributed by atoms with Crippen LogP contribution in [0.25, 0.3) is 6.08 Å². The molecule has 0 saturated heterocycles. The summed E-state index contributed by atoms with van der Waals surface area (Å²) in [5.74, 6) is -2.27. The summed E-state index contributed by atoms with van der Waals surface area (Å²) in [7, 11) is 1.38. The van der Waals surface area contributed by atoms with Crippen molar-refractivity contribution in [2.45, 2.75) is 12.8 Å². The van der Waals surface area contributed by atoms with Crippen LogP contribution >= 0.6 is 0 Å². The molecule has 0 fully saturated rings. The number of carbonyl (C=O) groups is 3. The first kappa shape index (κ1) is 24.5. The van der Waals surface area contributed by atoms with Crippen LogP contribution in [0.4, 0.5) is 0 Å². The van der Waals surface area contributed by atoms with E-state index in [0.717, 1.165) is 6.08 Å². The van der Waals surface area contributed by atoms with Gasteiger partial charge in [-0.1, -0.05) is 18.2 Å². The maximum absolute atomic E-state index is 12.0. The summed E-state index contributed by atoms with van der Waals surface area (Å²) in [4.78, 5) is 39.5. The number of carboxylic acid groups (broad SMARTS) is 1. The third-order valence-corrected chi connectivity index (χ3v) is 3.88. The molecule has 0 amide bonds. The number of carboxylic acids is 1. The van der Waals surface area contributed by atoms with Crippen LogP contribution < -0.4 is 14.2 Å². The summed E-state index contributed by atoms with van der Waals surface area (Å²) in [5, 5.41) is 25.5. The van der Waals surface area contributed by atoms with Gasteiger partial charge in [0.1, 0.15) is 11.3 Å². The molecule has 0 unspecified atom stereocenters. The number of ether oxygens (including phenoxy) is 3. The molecule has 32 heavy (non-hydrogen) atoms. The van der Waals surface area contributed by atoms with E-state index in [0.29, 0.717) is 5.56 Å². The van der Waals surface area contributed by atoms with E-state index in [1.165, 1.54) is 43.5 Å². The quantitative estimate of drug-likeness (QED) is 0.153. The van der Waals surface area contributed by atoms with Crippen LogP contribution in [-0.4, -0.2) is 52.5 Å². The van der Waals surface area contributed by atoms with Gasteiger partial charge in [-0.25, -0.2) is 9.59 Å². The Morgan fingerprint density at radius 3 is 2.44 bits per heavy atom. The van der Waals surface area contributed by atoms with Crippen LogP contribution in [0, 0.1) is 0 Å². The van der Waals surface area contributed by atoms with Crippen molar-refractivity contribution in [2.24, 2.45) is 0 Å². The Bertz CT molecular complexity index is 986. The van der Waals surface area contributed by atoms with Crippen LogP contribution in [0.2, 0.25) is 0 Å². The average Bonchev–Trinajstić information content (AvgIpc) is 2.76. The summed E-state index contributed by atoms with van der Waals surface area (Å²) in [6.07, 6.45) is 2.69. The van der Waals surface area contributed by atoms with Gasteiger partial charge in [0, 0.05) is 12.5 Å². The van der Waals surface area contributed by atoms with E-state index in [1.807, 2.05) is 0 Å². The molecule has 170 valence electrons. The third kappa shape index (κ3) is 7.81. The number of para-hydroxylation sites is 1. The topological polar surface area (TPSA) is 152 Å².